The summed E-state index contributed by atoms with van der Waals surface area (Å²) in [6, 6.07) is 18.0. The van der Waals surface area contributed by atoms with E-state index in [1.54, 1.807) is 7.11 Å². The first-order chi connectivity index (χ1) is 12.2. The monoisotopic (exact) mass is 334 g/mol. The molecule has 5 nitrogen and oxygen atoms in total. The smallest absolute Gasteiger partial charge is 0.136 e. The highest BCUT2D eigenvalue weighted by atomic mass is 16.5. The standard InChI is InChI=1S/C20H22N4O/c1-4-15-5-7-16(8-6-15)23-19-13-20(22-14(2)21-19)24-17-9-11-18(25-3)12-10-17/h5-13H,4H2,1-3H3,(H2,21,22,23,24). The molecule has 0 aliphatic carbocycles. The first kappa shape index (κ1) is 16.8. The maximum absolute atomic E-state index is 5.18. The largest absolute Gasteiger partial charge is 0.497 e. The molecular weight excluding hydrogens is 312 g/mol. The van der Waals surface area contributed by atoms with Crippen molar-refractivity contribution in [3.05, 3.63) is 66.0 Å². The topological polar surface area (TPSA) is 59.1 Å². The van der Waals surface area contributed by atoms with Crippen LogP contribution in [0.4, 0.5) is 23.0 Å². The predicted octanol–water partition coefficient (Wildman–Crippen LogP) is 4.84. The highest BCUT2D eigenvalue weighted by Gasteiger charge is 2.04. The number of rotatable bonds is 6. The molecule has 3 aromatic rings. The van der Waals surface area contributed by atoms with Crippen LogP contribution in [-0.4, -0.2) is 17.1 Å². The third-order valence-corrected chi connectivity index (χ3v) is 3.83. The van der Waals surface area contributed by atoms with Gasteiger partial charge in [-0.1, -0.05) is 19.1 Å². The minimum atomic E-state index is 0.700. The van der Waals surface area contributed by atoms with Gasteiger partial charge in [0.1, 0.15) is 23.2 Å². The number of aromatic nitrogens is 2. The second-order valence-corrected chi connectivity index (χ2v) is 5.71. The van der Waals surface area contributed by atoms with E-state index in [0.717, 1.165) is 35.2 Å². The van der Waals surface area contributed by atoms with Crippen molar-refractivity contribution in [3.63, 3.8) is 0 Å². The summed E-state index contributed by atoms with van der Waals surface area (Å²) >= 11 is 0. The molecule has 0 spiro atoms. The van der Waals surface area contributed by atoms with Crippen LogP contribution in [0, 0.1) is 6.92 Å². The third-order valence-electron chi connectivity index (χ3n) is 3.83. The number of hydrogen-bond donors (Lipinski definition) is 2. The Morgan fingerprint density at radius 1 is 0.840 bits per heavy atom. The van der Waals surface area contributed by atoms with E-state index >= 15 is 0 Å². The van der Waals surface area contributed by atoms with Gasteiger partial charge in [0, 0.05) is 17.4 Å². The second kappa shape index (κ2) is 7.66. The van der Waals surface area contributed by atoms with E-state index in [4.69, 9.17) is 4.74 Å². The molecule has 0 atom stereocenters. The van der Waals surface area contributed by atoms with E-state index < -0.39 is 0 Å². The molecule has 2 N–H and O–H groups in total. The van der Waals surface area contributed by atoms with Crippen LogP contribution in [-0.2, 0) is 6.42 Å². The zero-order chi connectivity index (χ0) is 17.6. The number of ether oxygens (including phenoxy) is 1. The van der Waals surface area contributed by atoms with E-state index in [1.807, 2.05) is 37.3 Å². The highest BCUT2D eigenvalue weighted by molar-refractivity contribution is 5.63. The Balaban J connectivity index is 1.76. The van der Waals surface area contributed by atoms with Gasteiger partial charge in [0.05, 0.1) is 7.11 Å². The van der Waals surface area contributed by atoms with Gasteiger partial charge >= 0.3 is 0 Å². The summed E-state index contributed by atoms with van der Waals surface area (Å²) in [5, 5.41) is 6.62. The van der Waals surface area contributed by atoms with Gasteiger partial charge in [0.2, 0.25) is 0 Å². The average Bonchev–Trinajstić information content (AvgIpc) is 2.62. The van der Waals surface area contributed by atoms with E-state index in [2.05, 4.69) is 51.8 Å². The number of aryl methyl sites for hydroxylation is 2. The Kier molecular flexibility index (Phi) is 5.14. The second-order valence-electron chi connectivity index (χ2n) is 5.71. The van der Waals surface area contributed by atoms with Crippen molar-refractivity contribution in [1.29, 1.82) is 0 Å². The molecule has 0 saturated carbocycles. The number of nitrogens with zero attached hydrogens (tertiary/aromatic N) is 2. The molecule has 0 amide bonds. The lowest BCUT2D eigenvalue weighted by atomic mass is 10.1. The summed E-state index contributed by atoms with van der Waals surface area (Å²) < 4.78 is 5.18. The molecule has 0 fully saturated rings. The van der Waals surface area contributed by atoms with Crippen molar-refractivity contribution >= 4 is 23.0 Å². The Labute approximate surface area is 148 Å². The maximum Gasteiger partial charge on any atom is 0.136 e. The fourth-order valence-corrected chi connectivity index (χ4v) is 2.49. The Morgan fingerprint density at radius 2 is 1.36 bits per heavy atom. The summed E-state index contributed by atoms with van der Waals surface area (Å²) in [5.74, 6) is 3.02. The first-order valence-electron chi connectivity index (χ1n) is 8.29. The van der Waals surface area contributed by atoms with Crippen molar-refractivity contribution in [2.75, 3.05) is 17.7 Å². The molecule has 1 aromatic heterocycles. The molecular formula is C20H22N4O. The fourth-order valence-electron chi connectivity index (χ4n) is 2.49. The zero-order valence-corrected chi connectivity index (χ0v) is 14.7. The molecule has 0 unspecified atom stereocenters. The van der Waals surface area contributed by atoms with Gasteiger partial charge < -0.3 is 15.4 Å². The number of methoxy groups -OCH3 is 1. The van der Waals surface area contributed by atoms with E-state index in [9.17, 15) is 0 Å². The van der Waals surface area contributed by atoms with Gasteiger partial charge in [-0.2, -0.15) is 0 Å². The van der Waals surface area contributed by atoms with Gasteiger partial charge in [-0.15, -0.1) is 0 Å². The van der Waals surface area contributed by atoms with Crippen LogP contribution in [0.1, 0.15) is 18.3 Å². The van der Waals surface area contributed by atoms with Crippen molar-refractivity contribution in [2.45, 2.75) is 20.3 Å². The lowest BCUT2D eigenvalue weighted by Gasteiger charge is -2.11. The number of benzene rings is 2. The van der Waals surface area contributed by atoms with Gasteiger partial charge in [-0.25, -0.2) is 9.97 Å². The van der Waals surface area contributed by atoms with E-state index in [0.29, 0.717) is 5.82 Å². The molecule has 5 heteroatoms. The molecule has 128 valence electrons. The molecule has 0 aliphatic rings. The Bertz CT molecular complexity index is 762. The number of hydrogen-bond acceptors (Lipinski definition) is 5. The van der Waals surface area contributed by atoms with E-state index in [1.165, 1.54) is 5.56 Å². The van der Waals surface area contributed by atoms with Crippen LogP contribution in [0.3, 0.4) is 0 Å². The van der Waals surface area contributed by atoms with Gasteiger partial charge in [0.15, 0.2) is 0 Å². The van der Waals surface area contributed by atoms with Gasteiger partial charge in [0.25, 0.3) is 0 Å². The lowest BCUT2D eigenvalue weighted by molar-refractivity contribution is 0.415. The molecule has 0 aliphatic heterocycles. The number of anilines is 4. The molecule has 2 aromatic carbocycles. The van der Waals surface area contributed by atoms with Crippen LogP contribution in [0.15, 0.2) is 54.6 Å². The van der Waals surface area contributed by atoms with Gasteiger partial charge in [-0.05, 0) is 55.3 Å². The van der Waals surface area contributed by atoms with E-state index in [-0.39, 0.29) is 0 Å². The maximum atomic E-state index is 5.18. The fraction of sp³-hybridized carbons (Fsp3) is 0.200. The van der Waals surface area contributed by atoms with Crippen molar-refractivity contribution in [1.82, 2.24) is 9.97 Å². The third kappa shape index (κ3) is 4.47. The highest BCUT2D eigenvalue weighted by Crippen LogP contribution is 2.22. The molecule has 0 saturated heterocycles. The predicted molar refractivity (Wildman–Crippen MR) is 102 cm³/mol. The Hall–Kier alpha value is -3.08. The van der Waals surface area contributed by atoms with Gasteiger partial charge in [-0.3, -0.25) is 0 Å². The lowest BCUT2D eigenvalue weighted by Crippen LogP contribution is -2.01. The quantitative estimate of drug-likeness (QED) is 0.675. The summed E-state index contributed by atoms with van der Waals surface area (Å²) in [7, 11) is 1.65. The first-order valence-corrected chi connectivity index (χ1v) is 8.29. The van der Waals surface area contributed by atoms with Crippen molar-refractivity contribution in [2.24, 2.45) is 0 Å². The van der Waals surface area contributed by atoms with Crippen LogP contribution in [0.25, 0.3) is 0 Å². The molecule has 25 heavy (non-hydrogen) atoms. The molecule has 3 rings (SSSR count). The summed E-state index contributed by atoms with van der Waals surface area (Å²) in [5.41, 5.74) is 3.26. The summed E-state index contributed by atoms with van der Waals surface area (Å²) in [4.78, 5) is 8.91. The zero-order valence-electron chi connectivity index (χ0n) is 14.7. The Morgan fingerprint density at radius 3 is 1.84 bits per heavy atom. The normalized spacial score (nSPS) is 10.4. The molecule has 1 heterocycles. The van der Waals surface area contributed by atoms with Crippen LogP contribution in [0.5, 0.6) is 5.75 Å². The van der Waals surface area contributed by atoms with Crippen LogP contribution < -0.4 is 15.4 Å². The summed E-state index contributed by atoms with van der Waals surface area (Å²) in [6.07, 6.45) is 1.03. The molecule has 0 radical (unpaired) electrons. The summed E-state index contributed by atoms with van der Waals surface area (Å²) in [6.45, 7) is 4.03. The number of nitrogens with one attached hydrogen (secondary N) is 2. The molecule has 0 bridgehead atoms. The SMILES string of the molecule is CCc1ccc(Nc2cc(Nc3ccc(OC)cc3)nc(C)n2)cc1. The van der Waals surface area contributed by atoms with Crippen LogP contribution >= 0.6 is 0 Å². The van der Waals surface area contributed by atoms with Crippen molar-refractivity contribution in [3.8, 4) is 5.75 Å². The van der Waals surface area contributed by atoms with Crippen molar-refractivity contribution < 1.29 is 4.74 Å². The van der Waals surface area contributed by atoms with Crippen LogP contribution in [0.2, 0.25) is 0 Å². The minimum Gasteiger partial charge on any atom is -0.497 e. The average molecular weight is 334 g/mol. The minimum absolute atomic E-state index is 0.700.